The summed E-state index contributed by atoms with van der Waals surface area (Å²) in [6.45, 7) is 19.6. The van der Waals surface area contributed by atoms with Gasteiger partial charge in [0.25, 0.3) is 0 Å². The first kappa shape index (κ1) is 33.3. The highest BCUT2D eigenvalue weighted by molar-refractivity contribution is 5.75. The number of hydrogen-bond acceptors (Lipinski definition) is 2. The third kappa shape index (κ3) is 5.28. The lowest BCUT2D eigenvalue weighted by molar-refractivity contribution is -0.164. The van der Waals surface area contributed by atoms with E-state index in [-0.39, 0.29) is 22.2 Å². The highest BCUT2D eigenvalue weighted by atomic mass is 16.4. The number of aliphatic carboxylic acids is 2. The van der Waals surface area contributed by atoms with Crippen LogP contribution in [0.4, 0.5) is 0 Å². The molecule has 0 radical (unpaired) electrons. The van der Waals surface area contributed by atoms with Gasteiger partial charge in [-0.3, -0.25) is 9.59 Å². The Kier molecular flexibility index (Phi) is 8.78. The monoisotopic (exact) mass is 604 g/mol. The zero-order chi connectivity index (χ0) is 32.3. The van der Waals surface area contributed by atoms with Gasteiger partial charge in [0.15, 0.2) is 0 Å². The van der Waals surface area contributed by atoms with Crippen LogP contribution in [0, 0.1) is 56.7 Å². The smallest absolute Gasteiger partial charge is 0.309 e. The summed E-state index contributed by atoms with van der Waals surface area (Å²) in [5.74, 6) is 1.21. The van der Waals surface area contributed by atoms with Crippen molar-refractivity contribution in [1.29, 1.82) is 0 Å². The molecule has 6 aliphatic carbocycles. The van der Waals surface area contributed by atoms with Crippen molar-refractivity contribution in [3.05, 3.63) is 47.6 Å². The van der Waals surface area contributed by atoms with Gasteiger partial charge < -0.3 is 10.2 Å². The second kappa shape index (κ2) is 11.6. The normalized spacial score (nSPS) is 44.6. The van der Waals surface area contributed by atoms with Gasteiger partial charge in [-0.25, -0.2) is 0 Å². The Morgan fingerprint density at radius 2 is 1.41 bits per heavy atom. The van der Waals surface area contributed by atoms with Crippen molar-refractivity contribution in [1.82, 2.24) is 0 Å². The number of allylic oxidation sites excluding steroid dienone is 7. The summed E-state index contributed by atoms with van der Waals surface area (Å²) in [6.07, 6.45) is 23.3. The quantitative estimate of drug-likeness (QED) is 0.313. The molecule has 0 aliphatic heterocycles. The Morgan fingerprint density at radius 1 is 0.818 bits per heavy atom. The molecule has 9 atom stereocenters. The van der Waals surface area contributed by atoms with Gasteiger partial charge >= 0.3 is 11.9 Å². The number of rotatable bonds is 4. The summed E-state index contributed by atoms with van der Waals surface area (Å²) >= 11 is 0. The van der Waals surface area contributed by atoms with Gasteiger partial charge in [-0.1, -0.05) is 82.9 Å². The van der Waals surface area contributed by atoms with Crippen LogP contribution in [-0.4, -0.2) is 22.2 Å². The molecule has 5 unspecified atom stereocenters. The van der Waals surface area contributed by atoms with Crippen molar-refractivity contribution in [2.45, 2.75) is 132 Å². The molecule has 0 aromatic carbocycles. The number of carboxylic acids is 2. The first-order chi connectivity index (χ1) is 20.5. The Morgan fingerprint density at radius 3 is 1.98 bits per heavy atom. The fourth-order valence-corrected chi connectivity index (χ4v) is 11.5. The minimum atomic E-state index is -0.588. The van der Waals surface area contributed by atoms with Crippen molar-refractivity contribution in [2.75, 3.05) is 0 Å². The van der Waals surface area contributed by atoms with E-state index in [0.717, 1.165) is 51.4 Å². The van der Waals surface area contributed by atoms with E-state index in [0.29, 0.717) is 23.7 Å². The van der Waals surface area contributed by atoms with E-state index in [9.17, 15) is 19.8 Å². The molecule has 4 heteroatoms. The highest BCUT2D eigenvalue weighted by Gasteiger charge is 2.59. The van der Waals surface area contributed by atoms with Crippen molar-refractivity contribution >= 4 is 11.9 Å². The van der Waals surface area contributed by atoms with Gasteiger partial charge in [0, 0.05) is 5.41 Å². The highest BCUT2D eigenvalue weighted by Crippen LogP contribution is 2.64. The lowest BCUT2D eigenvalue weighted by Gasteiger charge is -2.59. The molecule has 44 heavy (non-hydrogen) atoms. The van der Waals surface area contributed by atoms with Crippen LogP contribution in [0.5, 0.6) is 0 Å². The molecule has 244 valence electrons. The van der Waals surface area contributed by atoms with Crippen molar-refractivity contribution in [3.63, 3.8) is 0 Å². The predicted octanol–water partition coefficient (Wildman–Crippen LogP) is 10.4. The second-order valence-corrected chi connectivity index (χ2v) is 17.2. The minimum Gasteiger partial charge on any atom is -0.481 e. The molecule has 0 aromatic rings. The molecular weight excluding hydrogens is 544 g/mol. The van der Waals surface area contributed by atoms with Gasteiger partial charge in [0.2, 0.25) is 0 Å². The summed E-state index contributed by atoms with van der Waals surface area (Å²) in [7, 11) is 0. The minimum absolute atomic E-state index is 0.139. The van der Waals surface area contributed by atoms with Crippen LogP contribution in [0.2, 0.25) is 0 Å². The average molecular weight is 605 g/mol. The summed E-state index contributed by atoms with van der Waals surface area (Å²) in [6, 6.07) is 0. The second-order valence-electron chi connectivity index (χ2n) is 17.2. The van der Waals surface area contributed by atoms with Crippen LogP contribution in [0.25, 0.3) is 0 Å². The SMILES string of the molecule is C=CC1(C)C=C2CCC3[C@](C)(CCC[C@@]3(C)C(=O)O)C2CC1.CC(C)C1=CC2=CCC3[C@](C)(CCC[C@@]3(C)C(=O)O)C2CC1. The fourth-order valence-electron chi connectivity index (χ4n) is 11.5. The number of carboxylic acid groups (broad SMARTS) is 2. The van der Waals surface area contributed by atoms with Crippen LogP contribution in [0.15, 0.2) is 47.6 Å². The molecule has 3 saturated carbocycles. The zero-order valence-corrected chi connectivity index (χ0v) is 28.8. The lowest BCUT2D eigenvalue weighted by Crippen LogP contribution is -2.54. The van der Waals surface area contributed by atoms with E-state index in [1.54, 1.807) is 11.1 Å². The predicted molar refractivity (Wildman–Crippen MR) is 179 cm³/mol. The van der Waals surface area contributed by atoms with Crippen LogP contribution >= 0.6 is 0 Å². The van der Waals surface area contributed by atoms with Crippen LogP contribution in [0.3, 0.4) is 0 Å². The molecule has 0 bridgehead atoms. The van der Waals surface area contributed by atoms with Gasteiger partial charge in [-0.15, -0.1) is 6.58 Å². The Balaban J connectivity index is 0.000000175. The fraction of sp³-hybridized carbons (Fsp3) is 0.750. The lowest BCUT2D eigenvalue weighted by atomic mass is 9.45. The van der Waals surface area contributed by atoms with Crippen molar-refractivity contribution in [2.24, 2.45) is 56.7 Å². The van der Waals surface area contributed by atoms with Crippen LogP contribution in [-0.2, 0) is 9.59 Å². The zero-order valence-electron chi connectivity index (χ0n) is 28.8. The molecule has 3 fully saturated rings. The Labute approximate surface area is 267 Å². The average Bonchev–Trinajstić information content (AvgIpc) is 2.96. The maximum Gasteiger partial charge on any atom is 0.309 e. The Bertz CT molecular complexity index is 1270. The maximum atomic E-state index is 12.0. The third-order valence-electron chi connectivity index (χ3n) is 14.5. The number of fused-ring (bicyclic) bond motifs is 6. The standard InChI is InChI=1S/2C20H30O2/c1-13(2)14-6-8-16-15(12-14)7-9-17-19(16,3)10-5-11-20(17,4)18(21)22;1-5-18(2)12-9-15-14(13-18)7-8-16-19(15,3)10-6-11-20(16,4)17(21)22/h7,12-13,16-17H,5-6,8-11H2,1-4H3,(H,21,22);5,13,15-16H,1,6-12H2,2-4H3,(H,21,22)/t16?,17?,19-,20-;15?,16?,18?,19-,20-/m11/s1. The molecule has 0 amide bonds. The topological polar surface area (TPSA) is 74.6 Å². The molecular formula is C40H60O4. The summed E-state index contributed by atoms with van der Waals surface area (Å²) < 4.78 is 0. The van der Waals surface area contributed by atoms with E-state index in [1.807, 2.05) is 13.8 Å². The third-order valence-corrected chi connectivity index (χ3v) is 14.5. The van der Waals surface area contributed by atoms with Crippen molar-refractivity contribution < 1.29 is 19.8 Å². The van der Waals surface area contributed by atoms with E-state index >= 15 is 0 Å². The summed E-state index contributed by atoms with van der Waals surface area (Å²) in [4.78, 5) is 23.9. The molecule has 6 aliphatic rings. The number of hydrogen-bond donors (Lipinski definition) is 2. The maximum absolute atomic E-state index is 12.0. The van der Waals surface area contributed by atoms with E-state index in [1.165, 1.54) is 37.7 Å². The van der Waals surface area contributed by atoms with Gasteiger partial charge in [-0.2, -0.15) is 0 Å². The first-order valence-corrected chi connectivity index (χ1v) is 17.8. The van der Waals surface area contributed by atoms with Crippen LogP contribution in [0.1, 0.15) is 132 Å². The first-order valence-electron chi connectivity index (χ1n) is 17.8. The number of carbonyl (C=O) groups is 2. The van der Waals surface area contributed by atoms with Gasteiger partial charge in [0.1, 0.15) is 0 Å². The molecule has 0 saturated heterocycles. The summed E-state index contributed by atoms with van der Waals surface area (Å²) in [5, 5.41) is 19.7. The molecule has 4 nitrogen and oxygen atoms in total. The van der Waals surface area contributed by atoms with E-state index in [2.05, 4.69) is 65.5 Å². The van der Waals surface area contributed by atoms with Crippen LogP contribution < -0.4 is 0 Å². The molecule has 0 aromatic heterocycles. The molecule has 0 heterocycles. The molecule has 2 N–H and O–H groups in total. The van der Waals surface area contributed by atoms with Gasteiger partial charge in [-0.05, 0) is 130 Å². The van der Waals surface area contributed by atoms with Crippen molar-refractivity contribution in [3.8, 4) is 0 Å². The Hall–Kier alpha value is -2.10. The van der Waals surface area contributed by atoms with E-state index in [4.69, 9.17) is 0 Å². The summed E-state index contributed by atoms with van der Waals surface area (Å²) in [5.41, 5.74) is 4.05. The van der Waals surface area contributed by atoms with E-state index < -0.39 is 22.8 Å². The molecule has 6 rings (SSSR count). The largest absolute Gasteiger partial charge is 0.481 e. The van der Waals surface area contributed by atoms with Gasteiger partial charge in [0.05, 0.1) is 10.8 Å². The molecule has 0 spiro atoms.